The highest BCUT2D eigenvalue weighted by Crippen LogP contribution is 2.27. The lowest BCUT2D eigenvalue weighted by atomic mass is 10.0. The number of rotatable bonds is 14. The SMILES string of the molecule is COc1ccc(CCNCCCc2ccccc2CNCCc2ccccc2)cc1OC. The monoisotopic (exact) mass is 432 g/mol. The highest BCUT2D eigenvalue weighted by Gasteiger charge is 2.05. The summed E-state index contributed by atoms with van der Waals surface area (Å²) in [4.78, 5) is 0. The lowest BCUT2D eigenvalue weighted by molar-refractivity contribution is 0.354. The Morgan fingerprint density at radius 2 is 1.28 bits per heavy atom. The molecule has 4 nitrogen and oxygen atoms in total. The molecule has 0 fully saturated rings. The molecule has 0 saturated heterocycles. The molecular weight excluding hydrogens is 396 g/mol. The van der Waals surface area contributed by atoms with Crippen LogP contribution in [0.5, 0.6) is 11.5 Å². The summed E-state index contributed by atoms with van der Waals surface area (Å²) in [6.45, 7) is 3.90. The van der Waals surface area contributed by atoms with Crippen molar-refractivity contribution in [3.8, 4) is 11.5 Å². The predicted molar refractivity (Wildman–Crippen MR) is 133 cm³/mol. The summed E-state index contributed by atoms with van der Waals surface area (Å²) < 4.78 is 10.7. The first-order valence-corrected chi connectivity index (χ1v) is 11.5. The van der Waals surface area contributed by atoms with Gasteiger partial charge in [0.1, 0.15) is 0 Å². The molecule has 0 bridgehead atoms. The van der Waals surface area contributed by atoms with Crippen LogP contribution in [0.1, 0.15) is 28.7 Å². The van der Waals surface area contributed by atoms with Gasteiger partial charge in [0.15, 0.2) is 11.5 Å². The Balaban J connectivity index is 1.34. The molecule has 0 aliphatic rings. The molecule has 0 aliphatic heterocycles. The molecule has 3 aromatic rings. The van der Waals surface area contributed by atoms with E-state index in [2.05, 4.69) is 77.4 Å². The van der Waals surface area contributed by atoms with Crippen molar-refractivity contribution in [2.45, 2.75) is 32.2 Å². The zero-order valence-electron chi connectivity index (χ0n) is 19.4. The topological polar surface area (TPSA) is 42.5 Å². The summed E-state index contributed by atoms with van der Waals surface area (Å²) >= 11 is 0. The van der Waals surface area contributed by atoms with Gasteiger partial charge in [-0.15, -0.1) is 0 Å². The fraction of sp³-hybridized carbons (Fsp3) is 0.357. The van der Waals surface area contributed by atoms with Gasteiger partial charge < -0.3 is 20.1 Å². The maximum absolute atomic E-state index is 5.39. The van der Waals surface area contributed by atoms with Gasteiger partial charge in [0, 0.05) is 6.54 Å². The molecule has 2 N–H and O–H groups in total. The molecule has 0 amide bonds. The fourth-order valence-corrected chi connectivity index (χ4v) is 3.87. The van der Waals surface area contributed by atoms with Gasteiger partial charge in [0.2, 0.25) is 0 Å². The van der Waals surface area contributed by atoms with E-state index in [-0.39, 0.29) is 0 Å². The Labute approximate surface area is 193 Å². The van der Waals surface area contributed by atoms with Crippen LogP contribution in [0.4, 0.5) is 0 Å². The van der Waals surface area contributed by atoms with Crippen LogP contribution in [0.2, 0.25) is 0 Å². The minimum atomic E-state index is 0.775. The van der Waals surface area contributed by atoms with Crippen molar-refractivity contribution >= 4 is 0 Å². The van der Waals surface area contributed by atoms with Crippen LogP contribution in [0, 0.1) is 0 Å². The molecule has 0 atom stereocenters. The third-order valence-corrected chi connectivity index (χ3v) is 5.71. The Kier molecular flexibility index (Phi) is 10.1. The molecule has 0 aromatic heterocycles. The van der Waals surface area contributed by atoms with Crippen LogP contribution >= 0.6 is 0 Å². The zero-order chi connectivity index (χ0) is 22.4. The van der Waals surface area contributed by atoms with Crippen LogP contribution in [0.15, 0.2) is 72.8 Å². The number of benzene rings is 3. The van der Waals surface area contributed by atoms with Crippen molar-refractivity contribution in [2.24, 2.45) is 0 Å². The summed E-state index contributed by atoms with van der Waals surface area (Å²) in [5.41, 5.74) is 5.49. The first-order chi connectivity index (χ1) is 15.8. The van der Waals surface area contributed by atoms with Crippen molar-refractivity contribution < 1.29 is 9.47 Å². The summed E-state index contributed by atoms with van der Waals surface area (Å²) in [6, 6.07) is 25.6. The van der Waals surface area contributed by atoms with Crippen LogP contribution in [-0.4, -0.2) is 33.9 Å². The van der Waals surface area contributed by atoms with Crippen LogP contribution in [0.25, 0.3) is 0 Å². The number of hydrogen-bond acceptors (Lipinski definition) is 4. The van der Waals surface area contributed by atoms with Gasteiger partial charge in [-0.3, -0.25) is 0 Å². The Bertz CT molecular complexity index is 928. The lowest BCUT2D eigenvalue weighted by Crippen LogP contribution is -2.20. The zero-order valence-corrected chi connectivity index (χ0v) is 19.4. The van der Waals surface area contributed by atoms with Crippen LogP contribution in [0.3, 0.4) is 0 Å². The summed E-state index contributed by atoms with van der Waals surface area (Å²) in [5, 5.41) is 7.17. The second-order valence-corrected chi connectivity index (χ2v) is 7.97. The van der Waals surface area contributed by atoms with Crippen molar-refractivity contribution in [3.63, 3.8) is 0 Å². The fourth-order valence-electron chi connectivity index (χ4n) is 3.87. The molecule has 0 unspecified atom stereocenters. The summed E-state index contributed by atoms with van der Waals surface area (Å²) in [7, 11) is 3.34. The molecule has 3 aromatic carbocycles. The average molecular weight is 433 g/mol. The Morgan fingerprint density at radius 3 is 2.06 bits per heavy atom. The Hall–Kier alpha value is -2.82. The van der Waals surface area contributed by atoms with Crippen molar-refractivity contribution in [1.82, 2.24) is 10.6 Å². The quantitative estimate of drug-likeness (QED) is 0.359. The number of ether oxygens (including phenoxy) is 2. The van der Waals surface area contributed by atoms with Crippen molar-refractivity contribution in [3.05, 3.63) is 95.1 Å². The predicted octanol–water partition coefficient (Wildman–Crippen LogP) is 4.80. The molecule has 4 heteroatoms. The molecule has 0 saturated carbocycles. The molecule has 3 rings (SSSR count). The van der Waals surface area contributed by atoms with Gasteiger partial charge in [-0.2, -0.15) is 0 Å². The normalized spacial score (nSPS) is 10.8. The van der Waals surface area contributed by atoms with Crippen LogP contribution in [-0.2, 0) is 25.8 Å². The molecule has 32 heavy (non-hydrogen) atoms. The van der Waals surface area contributed by atoms with Gasteiger partial charge in [-0.1, -0.05) is 60.7 Å². The molecule has 0 spiro atoms. The van der Waals surface area contributed by atoms with E-state index in [4.69, 9.17) is 9.47 Å². The van der Waals surface area contributed by atoms with E-state index in [1.54, 1.807) is 14.2 Å². The van der Waals surface area contributed by atoms with E-state index in [0.29, 0.717) is 0 Å². The van der Waals surface area contributed by atoms with Crippen molar-refractivity contribution in [2.75, 3.05) is 33.9 Å². The third-order valence-electron chi connectivity index (χ3n) is 5.71. The van der Waals surface area contributed by atoms with Gasteiger partial charge in [-0.25, -0.2) is 0 Å². The van der Waals surface area contributed by atoms with E-state index in [1.807, 2.05) is 6.07 Å². The Morgan fingerprint density at radius 1 is 0.594 bits per heavy atom. The number of methoxy groups -OCH3 is 2. The molecule has 170 valence electrons. The van der Waals surface area contributed by atoms with Gasteiger partial charge in [0.05, 0.1) is 14.2 Å². The van der Waals surface area contributed by atoms with E-state index in [0.717, 1.165) is 63.4 Å². The number of aryl methyl sites for hydroxylation is 1. The van der Waals surface area contributed by atoms with E-state index in [1.165, 1.54) is 22.3 Å². The van der Waals surface area contributed by atoms with Crippen molar-refractivity contribution in [1.29, 1.82) is 0 Å². The highest BCUT2D eigenvalue weighted by molar-refractivity contribution is 5.43. The molecule has 0 aliphatic carbocycles. The van der Waals surface area contributed by atoms with Gasteiger partial charge in [-0.05, 0) is 79.7 Å². The molecule has 0 radical (unpaired) electrons. The van der Waals surface area contributed by atoms with Gasteiger partial charge >= 0.3 is 0 Å². The summed E-state index contributed by atoms with van der Waals surface area (Å²) in [6.07, 6.45) is 4.27. The maximum atomic E-state index is 5.39. The smallest absolute Gasteiger partial charge is 0.160 e. The van der Waals surface area contributed by atoms with Crippen LogP contribution < -0.4 is 20.1 Å². The maximum Gasteiger partial charge on any atom is 0.160 e. The van der Waals surface area contributed by atoms with Gasteiger partial charge in [0.25, 0.3) is 0 Å². The molecular formula is C28H36N2O2. The lowest BCUT2D eigenvalue weighted by Gasteiger charge is -2.12. The minimum absolute atomic E-state index is 0.775. The number of nitrogens with one attached hydrogen (secondary N) is 2. The first-order valence-electron chi connectivity index (χ1n) is 11.5. The largest absolute Gasteiger partial charge is 0.493 e. The second-order valence-electron chi connectivity index (χ2n) is 7.97. The third kappa shape index (κ3) is 7.70. The number of hydrogen-bond donors (Lipinski definition) is 2. The summed E-state index contributed by atoms with van der Waals surface area (Å²) in [5.74, 6) is 1.57. The standard InChI is InChI=1S/C28H36N2O2/c1-31-27-15-14-24(21-28(27)32-2)17-19-29-18-8-13-25-11-6-7-12-26(25)22-30-20-16-23-9-4-3-5-10-23/h3-7,9-12,14-15,21,29-30H,8,13,16-20,22H2,1-2H3. The average Bonchev–Trinajstić information content (AvgIpc) is 2.85. The molecule has 0 heterocycles. The van der Waals surface area contributed by atoms with E-state index >= 15 is 0 Å². The minimum Gasteiger partial charge on any atom is -0.493 e. The first kappa shape index (κ1) is 23.8. The highest BCUT2D eigenvalue weighted by atomic mass is 16.5. The van der Waals surface area contributed by atoms with E-state index < -0.39 is 0 Å². The van der Waals surface area contributed by atoms with E-state index in [9.17, 15) is 0 Å². The second kappa shape index (κ2) is 13.6.